The molecule has 2 aromatic carbocycles. The average Bonchev–Trinajstić information content (AvgIpc) is 4.00. The molecule has 8 rings (SSSR count). The first kappa shape index (κ1) is 53.8. The number of nitrogens with one attached hydrogen (secondary N) is 4. The zero-order valence-electron chi connectivity index (χ0n) is 41.6. The fraction of sp³-hybridized carbons (Fsp3) is 0.560. The van der Waals surface area contributed by atoms with Crippen LogP contribution in [-0.2, 0) is 33.3 Å². The maximum absolute atomic E-state index is 15.6. The number of rotatable bonds is 24. The van der Waals surface area contributed by atoms with E-state index in [0.29, 0.717) is 97.2 Å². The van der Waals surface area contributed by atoms with E-state index in [4.69, 9.17) is 23.7 Å². The van der Waals surface area contributed by atoms with E-state index < -0.39 is 59.8 Å². The zero-order valence-corrected chi connectivity index (χ0v) is 41.6. The molecule has 74 heavy (non-hydrogen) atoms. The molecule has 2 saturated heterocycles. The highest BCUT2D eigenvalue weighted by Crippen LogP contribution is 2.40. The molecule has 24 heteroatoms. The van der Waals surface area contributed by atoms with Gasteiger partial charge in [-0.25, -0.2) is 9.37 Å². The Bertz CT molecular complexity index is 2550. The molecule has 0 radical (unpaired) electrons. The molecule has 1 unspecified atom stereocenters. The van der Waals surface area contributed by atoms with Crippen LogP contribution in [-0.4, -0.2) is 179 Å². The third kappa shape index (κ3) is 12.7. The van der Waals surface area contributed by atoms with Crippen LogP contribution in [0.1, 0.15) is 88.9 Å². The Morgan fingerprint density at radius 2 is 1.57 bits per heavy atom. The van der Waals surface area contributed by atoms with E-state index in [-0.39, 0.29) is 70.5 Å². The summed E-state index contributed by atoms with van der Waals surface area (Å²) in [5.74, 6) is -8.33. The molecule has 3 fully saturated rings. The first-order valence-electron chi connectivity index (χ1n) is 25.1. The van der Waals surface area contributed by atoms with Crippen LogP contribution in [0, 0.1) is 5.82 Å². The Hall–Kier alpha value is -6.47. The Morgan fingerprint density at radius 1 is 0.865 bits per heavy atom. The summed E-state index contributed by atoms with van der Waals surface area (Å²) in [6.07, 6.45) is 6.58. The molecule has 5 aliphatic rings. The van der Waals surface area contributed by atoms with Crippen LogP contribution in [0.4, 0.5) is 42.0 Å². The molecular formula is C50H63F3N10O11. The van der Waals surface area contributed by atoms with Crippen molar-refractivity contribution in [3.05, 3.63) is 59.0 Å². The predicted octanol–water partition coefficient (Wildman–Crippen LogP) is 3.89. The number of anilines is 5. The smallest absolute Gasteiger partial charge is 0.342 e. The number of carbonyl (C=O) groups is 6. The first-order chi connectivity index (χ1) is 35.7. The molecule has 0 spiro atoms. The predicted molar refractivity (Wildman–Crippen MR) is 263 cm³/mol. The van der Waals surface area contributed by atoms with Crippen molar-refractivity contribution in [3.63, 3.8) is 0 Å². The van der Waals surface area contributed by atoms with E-state index >= 15 is 13.2 Å². The third-order valence-corrected chi connectivity index (χ3v) is 13.7. The Labute approximate surface area is 426 Å². The minimum atomic E-state index is -3.63. The Balaban J connectivity index is 0.659. The van der Waals surface area contributed by atoms with Crippen molar-refractivity contribution in [1.29, 1.82) is 0 Å². The monoisotopic (exact) mass is 1040 g/mol. The fourth-order valence-electron chi connectivity index (χ4n) is 9.80. The molecule has 4 N–H and O–H groups in total. The molecule has 1 saturated carbocycles. The summed E-state index contributed by atoms with van der Waals surface area (Å²) in [7, 11) is 2.64. The summed E-state index contributed by atoms with van der Waals surface area (Å²) in [5, 5.41) is 11.2. The van der Waals surface area contributed by atoms with Crippen LogP contribution < -0.4 is 35.8 Å². The number of piperidine rings is 2. The summed E-state index contributed by atoms with van der Waals surface area (Å²) in [6, 6.07) is 5.84. The third-order valence-electron chi connectivity index (χ3n) is 13.7. The van der Waals surface area contributed by atoms with Crippen molar-refractivity contribution in [2.75, 3.05) is 120 Å². The van der Waals surface area contributed by atoms with Gasteiger partial charge in [-0.3, -0.25) is 39.0 Å². The van der Waals surface area contributed by atoms with Gasteiger partial charge in [0.1, 0.15) is 23.3 Å². The molecule has 1 aliphatic carbocycles. The van der Waals surface area contributed by atoms with Gasteiger partial charge in [0.15, 0.2) is 5.82 Å². The summed E-state index contributed by atoms with van der Waals surface area (Å²) >= 11 is 0. The lowest BCUT2D eigenvalue weighted by Crippen LogP contribution is -2.54. The standard InChI is InChI=1S/C50H63F3N10O11/c1-60-39-29-55-49(59-43(39)62(32-7-3-4-8-32)30-50(52,53)48(60)69)57-37-28-35(51)34(27-40(37)70-2)44(65)56-31-13-16-61(17-14-31)18-22-71-19-6-20-72-23-25-74-26-24-73-21-15-54-36-10-5-9-33-42(36)47(68)63(46(33)67)38-11-12-41(64)58-45(38)66/h5,9-10,27-29,31-32,38,54H,3-4,6-8,11-26,30H2,1-2H3,(H,56,65)(H,55,57,59)(H,58,64,66). The van der Waals surface area contributed by atoms with E-state index in [1.54, 1.807) is 18.2 Å². The van der Waals surface area contributed by atoms with Crippen molar-refractivity contribution in [3.8, 4) is 5.75 Å². The molecular weight excluding hydrogens is 974 g/mol. The minimum absolute atomic E-state index is 0.0250. The molecule has 4 aliphatic heterocycles. The SMILES string of the molecule is COc1cc(C(=O)NC2CCN(CCOCCCOCCOCCOCCNc3cccc4c3C(=O)N(C3CCC(=O)NC3=O)C4=O)CC2)c(F)cc1Nc1ncc2c(n1)N(C1CCCC1)CC(F)(F)C(=O)N2C. The lowest BCUT2D eigenvalue weighted by Gasteiger charge is -2.32. The number of ether oxygens (including phenoxy) is 5. The fourth-order valence-corrected chi connectivity index (χ4v) is 9.80. The second-order valence-corrected chi connectivity index (χ2v) is 18.7. The second kappa shape index (κ2) is 24.7. The van der Waals surface area contributed by atoms with Gasteiger partial charge in [-0.05, 0) is 56.7 Å². The average molecular weight is 1040 g/mol. The molecule has 3 aromatic rings. The van der Waals surface area contributed by atoms with Crippen LogP contribution in [0.5, 0.6) is 5.75 Å². The first-order valence-corrected chi connectivity index (χ1v) is 25.1. The summed E-state index contributed by atoms with van der Waals surface area (Å²) in [4.78, 5) is 90.5. The molecule has 6 amide bonds. The quantitative estimate of drug-likeness (QED) is 0.0736. The lowest BCUT2D eigenvalue weighted by atomic mass is 10.0. The summed E-state index contributed by atoms with van der Waals surface area (Å²) in [5.41, 5.74) is 0.903. The van der Waals surface area contributed by atoms with Gasteiger partial charge in [0.05, 0.1) is 81.9 Å². The number of benzene rings is 2. The van der Waals surface area contributed by atoms with E-state index in [2.05, 4.69) is 36.1 Å². The molecule has 0 bridgehead atoms. The zero-order chi connectivity index (χ0) is 52.4. The van der Waals surface area contributed by atoms with Crippen molar-refractivity contribution < 1.29 is 65.6 Å². The summed E-state index contributed by atoms with van der Waals surface area (Å²) < 4.78 is 73.9. The normalized spacial score (nSPS) is 19.4. The number of alkyl halides is 2. The molecule has 400 valence electrons. The molecule has 5 heterocycles. The number of carbonyl (C=O) groups excluding carboxylic acids is 6. The van der Waals surface area contributed by atoms with Crippen LogP contribution in [0.15, 0.2) is 36.5 Å². The molecule has 1 atom stereocenters. The number of halogens is 3. The van der Waals surface area contributed by atoms with Gasteiger partial charge in [0.25, 0.3) is 23.6 Å². The van der Waals surface area contributed by atoms with Gasteiger partial charge in [0.2, 0.25) is 17.8 Å². The van der Waals surface area contributed by atoms with Crippen LogP contribution in [0.25, 0.3) is 0 Å². The van der Waals surface area contributed by atoms with Gasteiger partial charge in [-0.1, -0.05) is 18.9 Å². The van der Waals surface area contributed by atoms with E-state index in [1.807, 2.05) is 0 Å². The maximum Gasteiger partial charge on any atom is 0.342 e. The van der Waals surface area contributed by atoms with Gasteiger partial charge < -0.3 is 54.3 Å². The minimum Gasteiger partial charge on any atom is -0.495 e. The number of nitrogens with zero attached hydrogens (tertiary/aromatic N) is 6. The number of amides is 6. The van der Waals surface area contributed by atoms with Crippen LogP contribution in [0.2, 0.25) is 0 Å². The van der Waals surface area contributed by atoms with E-state index in [0.717, 1.165) is 48.3 Å². The van der Waals surface area contributed by atoms with Gasteiger partial charge in [-0.15, -0.1) is 0 Å². The number of aromatic nitrogens is 2. The molecule has 21 nitrogen and oxygen atoms in total. The van der Waals surface area contributed by atoms with Crippen molar-refractivity contribution in [2.24, 2.45) is 0 Å². The highest BCUT2D eigenvalue weighted by Gasteiger charge is 2.49. The number of imide groups is 2. The van der Waals surface area contributed by atoms with Crippen molar-refractivity contribution >= 4 is 64.3 Å². The largest absolute Gasteiger partial charge is 0.495 e. The maximum atomic E-state index is 15.6. The summed E-state index contributed by atoms with van der Waals surface area (Å²) in [6.45, 7) is 5.14. The second-order valence-electron chi connectivity index (χ2n) is 18.7. The van der Waals surface area contributed by atoms with Gasteiger partial charge >= 0.3 is 5.92 Å². The van der Waals surface area contributed by atoms with Crippen molar-refractivity contribution in [2.45, 2.75) is 81.8 Å². The van der Waals surface area contributed by atoms with E-state index in [1.165, 1.54) is 31.3 Å². The number of hydrogen-bond donors (Lipinski definition) is 4. The topological polar surface area (TPSA) is 235 Å². The number of methoxy groups -OCH3 is 1. The number of fused-ring (bicyclic) bond motifs is 2. The lowest BCUT2D eigenvalue weighted by molar-refractivity contribution is -0.140. The highest BCUT2D eigenvalue weighted by molar-refractivity contribution is 6.25. The molecule has 1 aromatic heterocycles. The Morgan fingerprint density at radius 3 is 2.28 bits per heavy atom. The van der Waals surface area contributed by atoms with Gasteiger partial charge in [0, 0.05) is 76.7 Å². The highest BCUT2D eigenvalue weighted by atomic mass is 19.3. The van der Waals surface area contributed by atoms with Crippen molar-refractivity contribution in [1.82, 2.24) is 30.4 Å². The Kier molecular flexibility index (Phi) is 18.0. The number of hydrogen-bond acceptors (Lipinski definition) is 17. The van der Waals surface area contributed by atoms with E-state index in [9.17, 15) is 28.8 Å². The number of likely N-dealkylation sites (tertiary alicyclic amines) is 1. The van der Waals surface area contributed by atoms with Crippen LogP contribution >= 0.6 is 0 Å². The van der Waals surface area contributed by atoms with Gasteiger partial charge in [-0.2, -0.15) is 13.8 Å². The van der Waals surface area contributed by atoms with Crippen LogP contribution in [0.3, 0.4) is 0 Å².